The van der Waals surface area contributed by atoms with Crippen molar-refractivity contribution in [2.75, 3.05) is 24.6 Å². The van der Waals surface area contributed by atoms with Gasteiger partial charge in [-0.15, -0.1) is 13.2 Å². The molecule has 5 rings (SSSR count). The number of benzene rings is 1. The van der Waals surface area contributed by atoms with Crippen LogP contribution in [0.5, 0.6) is 0 Å². The van der Waals surface area contributed by atoms with Gasteiger partial charge in [0.1, 0.15) is 5.82 Å². The molecule has 1 unspecified atom stereocenters. The maximum Gasteiger partial charge on any atom is 0.337 e. The minimum Gasteiger partial charge on any atom is -0.479 e. The molecular formula is C37H45N5O4. The van der Waals surface area contributed by atoms with Crippen LogP contribution in [0, 0.1) is 6.92 Å². The number of nitrogens with zero attached hydrogens (tertiary/aromatic N) is 5. The number of carboxylic acid groups (broad SMARTS) is 1. The Morgan fingerprint density at radius 1 is 1.13 bits per heavy atom. The van der Waals surface area contributed by atoms with Crippen LogP contribution in [0.4, 0.5) is 5.82 Å². The first-order valence-corrected chi connectivity index (χ1v) is 15.9. The van der Waals surface area contributed by atoms with Crippen molar-refractivity contribution >= 4 is 17.4 Å². The third-order valence-electron chi connectivity index (χ3n) is 8.43. The van der Waals surface area contributed by atoms with Crippen molar-refractivity contribution < 1.29 is 19.4 Å². The largest absolute Gasteiger partial charge is 0.479 e. The molecule has 242 valence electrons. The van der Waals surface area contributed by atoms with Crippen molar-refractivity contribution in [3.05, 3.63) is 90.9 Å². The molecule has 1 N–H and O–H groups in total. The van der Waals surface area contributed by atoms with Crippen molar-refractivity contribution in [1.29, 1.82) is 0 Å². The molecule has 1 atom stereocenters. The zero-order valence-corrected chi connectivity index (χ0v) is 27.6. The lowest BCUT2D eigenvalue weighted by Gasteiger charge is -2.41. The van der Waals surface area contributed by atoms with Crippen LogP contribution >= 0.6 is 0 Å². The average molecular weight is 624 g/mol. The number of ether oxygens (including phenoxy) is 2. The van der Waals surface area contributed by atoms with Gasteiger partial charge in [0.25, 0.3) is 0 Å². The normalized spacial score (nSPS) is 15.5. The second kappa shape index (κ2) is 13.6. The predicted octanol–water partition coefficient (Wildman–Crippen LogP) is 7.39. The van der Waals surface area contributed by atoms with Crippen molar-refractivity contribution in [2.24, 2.45) is 0 Å². The Bertz CT molecular complexity index is 1730. The first kappa shape index (κ1) is 33.0. The summed E-state index contributed by atoms with van der Waals surface area (Å²) in [5.74, 6) is -0.383. The van der Waals surface area contributed by atoms with Crippen molar-refractivity contribution in [2.45, 2.75) is 77.6 Å². The van der Waals surface area contributed by atoms with E-state index in [1.807, 2.05) is 64.4 Å². The highest BCUT2D eigenvalue weighted by Crippen LogP contribution is 2.38. The maximum atomic E-state index is 12.8. The van der Waals surface area contributed by atoms with E-state index in [1.165, 1.54) is 5.56 Å². The van der Waals surface area contributed by atoms with Crippen LogP contribution < -0.4 is 4.90 Å². The van der Waals surface area contributed by atoms with Crippen molar-refractivity contribution in [1.82, 2.24) is 19.6 Å². The molecule has 0 saturated carbocycles. The van der Waals surface area contributed by atoms with E-state index in [0.29, 0.717) is 42.4 Å². The molecule has 1 aromatic carbocycles. The standard InChI is InChI=1S/C37H45N5O4/c1-8-10-12-26-15-18-38-24-29(26)27-13-11-14-28(22-27)30-23-31-39-25(3)32(33(35(43)44)46-36(4,5)6)34(42(31)40-30)41-19-16-37(7,17-20-41)45-21-9-2/h8-9,11,13-15,18,22-24,33H,1-2,10,12,16-17,19-21H2,3-7H3,(H,43,44). The molecule has 1 aliphatic heterocycles. The minimum atomic E-state index is -1.23. The van der Waals surface area contributed by atoms with Crippen LogP contribution in [0.25, 0.3) is 28.0 Å². The van der Waals surface area contributed by atoms with Gasteiger partial charge >= 0.3 is 5.97 Å². The number of rotatable bonds is 12. The van der Waals surface area contributed by atoms with Gasteiger partial charge in [0.2, 0.25) is 0 Å². The number of hydrogen-bond acceptors (Lipinski definition) is 7. The van der Waals surface area contributed by atoms with Crippen LogP contribution in [0.15, 0.2) is 74.1 Å². The van der Waals surface area contributed by atoms with E-state index in [2.05, 4.69) is 48.2 Å². The SMILES string of the molecule is C=CCCc1ccncc1-c1cccc(-c2cc3nc(C)c(C(OC(C)(C)C)C(=O)O)c(N4CCC(C)(OCC=C)CC4)n3n2)c1. The molecule has 1 saturated heterocycles. The number of allylic oxidation sites excluding steroid dienone is 1. The number of carboxylic acids is 1. The Morgan fingerprint density at radius 3 is 2.54 bits per heavy atom. The maximum absolute atomic E-state index is 12.8. The second-order valence-electron chi connectivity index (χ2n) is 13.2. The lowest BCUT2D eigenvalue weighted by atomic mass is 9.92. The molecule has 3 aromatic heterocycles. The van der Waals surface area contributed by atoms with E-state index >= 15 is 0 Å². The summed E-state index contributed by atoms with van der Waals surface area (Å²) in [6.45, 7) is 19.0. The van der Waals surface area contributed by atoms with Crippen LogP contribution in [0.2, 0.25) is 0 Å². The molecule has 46 heavy (non-hydrogen) atoms. The molecule has 4 aromatic rings. The Kier molecular flexibility index (Phi) is 9.74. The van der Waals surface area contributed by atoms with Crippen LogP contribution in [0.3, 0.4) is 0 Å². The van der Waals surface area contributed by atoms with Gasteiger partial charge in [-0.25, -0.2) is 9.78 Å². The van der Waals surface area contributed by atoms with Gasteiger partial charge in [-0.05, 0) is 83.6 Å². The van der Waals surface area contributed by atoms with E-state index in [-0.39, 0.29) is 5.60 Å². The molecular weight excluding hydrogens is 578 g/mol. The van der Waals surface area contributed by atoms with Crippen molar-refractivity contribution in [3.63, 3.8) is 0 Å². The number of pyridine rings is 1. The summed E-state index contributed by atoms with van der Waals surface area (Å²) in [5, 5.41) is 15.5. The highest BCUT2D eigenvalue weighted by Gasteiger charge is 2.37. The third-order valence-corrected chi connectivity index (χ3v) is 8.43. The van der Waals surface area contributed by atoms with Gasteiger partial charge in [0.15, 0.2) is 11.8 Å². The van der Waals surface area contributed by atoms with Crippen LogP contribution in [-0.4, -0.2) is 61.6 Å². The van der Waals surface area contributed by atoms with E-state index in [9.17, 15) is 9.90 Å². The third kappa shape index (κ3) is 7.21. The van der Waals surface area contributed by atoms with E-state index in [1.54, 1.807) is 10.6 Å². The number of aromatic nitrogens is 4. The number of carbonyl (C=O) groups is 1. The molecule has 0 radical (unpaired) electrons. The Balaban J connectivity index is 1.63. The fraction of sp³-hybridized carbons (Fsp3) is 0.405. The first-order chi connectivity index (χ1) is 21.9. The van der Waals surface area contributed by atoms with Gasteiger partial charge in [0.05, 0.1) is 29.1 Å². The van der Waals surface area contributed by atoms with E-state index in [4.69, 9.17) is 19.6 Å². The number of anilines is 1. The number of fused-ring (bicyclic) bond motifs is 1. The summed E-state index contributed by atoms with van der Waals surface area (Å²) < 4.78 is 14.1. The first-order valence-electron chi connectivity index (χ1n) is 15.9. The summed E-state index contributed by atoms with van der Waals surface area (Å²) in [7, 11) is 0. The van der Waals surface area contributed by atoms with Gasteiger partial charge < -0.3 is 19.5 Å². The zero-order chi connectivity index (χ0) is 33.1. The van der Waals surface area contributed by atoms with E-state index in [0.717, 1.165) is 48.1 Å². The average Bonchev–Trinajstić information content (AvgIpc) is 3.45. The smallest absolute Gasteiger partial charge is 0.337 e. The highest BCUT2D eigenvalue weighted by molar-refractivity contribution is 5.79. The molecule has 0 spiro atoms. The number of aryl methyl sites for hydroxylation is 2. The quantitative estimate of drug-likeness (QED) is 0.163. The lowest BCUT2D eigenvalue weighted by molar-refractivity contribution is -0.160. The van der Waals surface area contributed by atoms with Crippen molar-refractivity contribution in [3.8, 4) is 22.4 Å². The lowest BCUT2D eigenvalue weighted by Crippen LogP contribution is -2.45. The fourth-order valence-corrected chi connectivity index (χ4v) is 6.05. The zero-order valence-electron chi connectivity index (χ0n) is 27.6. The van der Waals surface area contributed by atoms with E-state index < -0.39 is 17.7 Å². The predicted molar refractivity (Wildman–Crippen MR) is 182 cm³/mol. The molecule has 9 nitrogen and oxygen atoms in total. The molecule has 9 heteroatoms. The molecule has 4 heterocycles. The Labute approximate surface area is 271 Å². The van der Waals surface area contributed by atoms with Gasteiger partial charge in [-0.3, -0.25) is 4.98 Å². The topological polar surface area (TPSA) is 102 Å². The molecule has 1 aliphatic rings. The fourth-order valence-electron chi connectivity index (χ4n) is 6.05. The summed E-state index contributed by atoms with van der Waals surface area (Å²) >= 11 is 0. The van der Waals surface area contributed by atoms with Gasteiger partial charge in [0, 0.05) is 48.4 Å². The Morgan fingerprint density at radius 2 is 1.87 bits per heavy atom. The van der Waals surface area contributed by atoms with Gasteiger partial charge in [-0.2, -0.15) is 9.61 Å². The number of hydrogen-bond donors (Lipinski definition) is 1. The second-order valence-corrected chi connectivity index (χ2v) is 13.2. The molecule has 1 fully saturated rings. The highest BCUT2D eigenvalue weighted by atomic mass is 16.5. The molecule has 0 amide bonds. The minimum absolute atomic E-state index is 0.299. The van der Waals surface area contributed by atoms with Gasteiger partial charge in [-0.1, -0.05) is 30.4 Å². The summed E-state index contributed by atoms with van der Waals surface area (Å²) in [4.78, 5) is 24.3. The number of aliphatic carboxylic acids is 1. The number of piperidine rings is 1. The molecule has 0 bridgehead atoms. The summed E-state index contributed by atoms with van der Waals surface area (Å²) in [6, 6.07) is 12.3. The summed E-state index contributed by atoms with van der Waals surface area (Å²) in [5.41, 5.74) is 5.74. The van der Waals surface area contributed by atoms with Crippen LogP contribution in [-0.2, 0) is 20.7 Å². The summed E-state index contributed by atoms with van der Waals surface area (Å²) in [6.07, 6.45) is 9.47. The molecule has 0 aliphatic carbocycles. The monoisotopic (exact) mass is 623 g/mol. The van der Waals surface area contributed by atoms with Crippen LogP contribution in [0.1, 0.15) is 69.9 Å². The Hall–Kier alpha value is -4.34.